The van der Waals surface area contributed by atoms with Gasteiger partial charge in [-0.3, -0.25) is 0 Å². The highest BCUT2D eigenvalue weighted by molar-refractivity contribution is 5.27. The number of hydrogen-bond donors (Lipinski definition) is 1. The normalized spacial score (nSPS) is 22.6. The van der Waals surface area contributed by atoms with Gasteiger partial charge in [-0.15, -0.1) is 0 Å². The zero-order valence-electron chi connectivity index (χ0n) is 13.1. The van der Waals surface area contributed by atoms with Crippen molar-refractivity contribution in [3.05, 3.63) is 35.1 Å². The lowest BCUT2D eigenvalue weighted by atomic mass is 9.88. The molecule has 0 spiro atoms. The van der Waals surface area contributed by atoms with E-state index < -0.39 is 0 Å². The average molecular weight is 277 g/mol. The Morgan fingerprint density at radius 3 is 2.75 bits per heavy atom. The zero-order chi connectivity index (χ0) is 14.5. The van der Waals surface area contributed by atoms with E-state index in [0.29, 0.717) is 5.92 Å². The van der Waals surface area contributed by atoms with E-state index in [4.69, 9.17) is 0 Å². The maximum absolute atomic E-state index is 13.4. The van der Waals surface area contributed by atoms with Crippen LogP contribution in [0.5, 0.6) is 0 Å². The van der Waals surface area contributed by atoms with E-state index in [1.807, 2.05) is 6.07 Å². The minimum atomic E-state index is -0.0990. The van der Waals surface area contributed by atoms with Crippen LogP contribution in [0.15, 0.2) is 18.2 Å². The zero-order valence-corrected chi connectivity index (χ0v) is 13.1. The molecule has 2 heteroatoms. The Labute approximate surface area is 123 Å². The standard InChI is InChI=1S/C18H28FN/c1-13(2)11-20-12-16-6-4-5-15(16)9-17-10-18(19)8-7-14(17)3/h7-8,10,13,15-16,20H,4-6,9,11-12H2,1-3H3. The van der Waals surface area contributed by atoms with Gasteiger partial charge in [-0.1, -0.05) is 26.3 Å². The van der Waals surface area contributed by atoms with Crippen LogP contribution in [0.25, 0.3) is 0 Å². The minimum Gasteiger partial charge on any atom is -0.316 e. The Bertz CT molecular complexity index is 427. The predicted octanol–water partition coefficient (Wildman–Crippen LogP) is 4.34. The fourth-order valence-corrected chi connectivity index (χ4v) is 3.35. The number of rotatable bonds is 6. The fourth-order valence-electron chi connectivity index (χ4n) is 3.35. The summed E-state index contributed by atoms with van der Waals surface area (Å²) >= 11 is 0. The smallest absolute Gasteiger partial charge is 0.123 e. The van der Waals surface area contributed by atoms with Gasteiger partial charge in [0.05, 0.1) is 0 Å². The Kier molecular flexibility index (Phi) is 5.59. The van der Waals surface area contributed by atoms with E-state index in [1.54, 1.807) is 12.1 Å². The highest BCUT2D eigenvalue weighted by Gasteiger charge is 2.27. The molecule has 2 unspecified atom stereocenters. The van der Waals surface area contributed by atoms with Crippen LogP contribution in [0, 0.1) is 30.5 Å². The summed E-state index contributed by atoms with van der Waals surface area (Å²) in [6, 6.07) is 5.20. The summed E-state index contributed by atoms with van der Waals surface area (Å²) in [4.78, 5) is 0. The van der Waals surface area contributed by atoms with Gasteiger partial charge >= 0.3 is 0 Å². The fraction of sp³-hybridized carbons (Fsp3) is 0.667. The molecule has 0 bridgehead atoms. The van der Waals surface area contributed by atoms with Crippen LogP contribution in [-0.4, -0.2) is 13.1 Å². The van der Waals surface area contributed by atoms with Crippen LogP contribution in [-0.2, 0) is 6.42 Å². The monoisotopic (exact) mass is 277 g/mol. The molecule has 1 fully saturated rings. The second kappa shape index (κ2) is 7.21. The molecule has 1 aliphatic rings. The first-order valence-corrected chi connectivity index (χ1v) is 8.02. The van der Waals surface area contributed by atoms with Gasteiger partial charge in [-0.2, -0.15) is 0 Å². The summed E-state index contributed by atoms with van der Waals surface area (Å²) in [7, 11) is 0. The molecule has 112 valence electrons. The van der Waals surface area contributed by atoms with Crippen LogP contribution >= 0.6 is 0 Å². The minimum absolute atomic E-state index is 0.0990. The highest BCUT2D eigenvalue weighted by Crippen LogP contribution is 2.34. The molecule has 0 saturated heterocycles. The first-order chi connectivity index (χ1) is 9.56. The molecule has 0 heterocycles. The number of nitrogens with one attached hydrogen (secondary N) is 1. The van der Waals surface area contributed by atoms with Crippen molar-refractivity contribution in [3.8, 4) is 0 Å². The molecule has 20 heavy (non-hydrogen) atoms. The Balaban J connectivity index is 1.92. The van der Waals surface area contributed by atoms with Crippen molar-refractivity contribution >= 4 is 0 Å². The van der Waals surface area contributed by atoms with Crippen molar-refractivity contribution in [1.29, 1.82) is 0 Å². The summed E-state index contributed by atoms with van der Waals surface area (Å²) < 4.78 is 13.4. The molecule has 0 aromatic heterocycles. The molecule has 1 aromatic carbocycles. The molecule has 2 atom stereocenters. The third-order valence-corrected chi connectivity index (χ3v) is 4.57. The summed E-state index contributed by atoms with van der Waals surface area (Å²) in [6.07, 6.45) is 4.98. The quantitative estimate of drug-likeness (QED) is 0.815. The van der Waals surface area contributed by atoms with Crippen molar-refractivity contribution in [1.82, 2.24) is 5.32 Å². The molecular formula is C18H28FN. The van der Waals surface area contributed by atoms with E-state index in [-0.39, 0.29) is 5.82 Å². The molecule has 1 nitrogen and oxygen atoms in total. The molecular weight excluding hydrogens is 249 g/mol. The van der Waals surface area contributed by atoms with Crippen LogP contribution in [0.1, 0.15) is 44.2 Å². The lowest BCUT2D eigenvalue weighted by Crippen LogP contribution is -2.29. The van der Waals surface area contributed by atoms with Gasteiger partial charge in [-0.25, -0.2) is 4.39 Å². The highest BCUT2D eigenvalue weighted by atomic mass is 19.1. The Morgan fingerprint density at radius 1 is 1.25 bits per heavy atom. The number of benzene rings is 1. The van der Waals surface area contributed by atoms with Crippen LogP contribution in [0.4, 0.5) is 4.39 Å². The average Bonchev–Trinajstić information content (AvgIpc) is 2.81. The lowest BCUT2D eigenvalue weighted by Gasteiger charge is -2.21. The largest absolute Gasteiger partial charge is 0.316 e. The Morgan fingerprint density at radius 2 is 2.00 bits per heavy atom. The second-order valence-electron chi connectivity index (χ2n) is 6.78. The lowest BCUT2D eigenvalue weighted by molar-refractivity contribution is 0.356. The van der Waals surface area contributed by atoms with Crippen molar-refractivity contribution in [3.63, 3.8) is 0 Å². The van der Waals surface area contributed by atoms with Crippen molar-refractivity contribution in [2.24, 2.45) is 17.8 Å². The number of halogens is 1. The molecule has 0 aliphatic heterocycles. The summed E-state index contributed by atoms with van der Waals surface area (Å²) in [6.45, 7) is 8.81. The first kappa shape index (κ1) is 15.5. The van der Waals surface area contributed by atoms with Gasteiger partial charge in [-0.05, 0) is 80.3 Å². The van der Waals surface area contributed by atoms with Crippen molar-refractivity contribution in [2.45, 2.75) is 46.5 Å². The molecule has 0 amide bonds. The van der Waals surface area contributed by atoms with Gasteiger partial charge in [0.15, 0.2) is 0 Å². The Hall–Kier alpha value is -0.890. The van der Waals surface area contributed by atoms with Crippen molar-refractivity contribution < 1.29 is 4.39 Å². The van der Waals surface area contributed by atoms with Gasteiger partial charge in [0, 0.05) is 0 Å². The third-order valence-electron chi connectivity index (χ3n) is 4.57. The number of hydrogen-bond acceptors (Lipinski definition) is 1. The number of aryl methyl sites for hydroxylation is 1. The summed E-state index contributed by atoms with van der Waals surface area (Å²) in [5.41, 5.74) is 2.43. The SMILES string of the molecule is Cc1ccc(F)cc1CC1CCCC1CNCC(C)C. The van der Waals surface area contributed by atoms with Gasteiger partial charge in [0.1, 0.15) is 5.82 Å². The second-order valence-corrected chi connectivity index (χ2v) is 6.78. The van der Waals surface area contributed by atoms with E-state index in [0.717, 1.165) is 31.3 Å². The maximum Gasteiger partial charge on any atom is 0.123 e. The topological polar surface area (TPSA) is 12.0 Å². The molecule has 1 aromatic rings. The van der Waals surface area contributed by atoms with Crippen LogP contribution < -0.4 is 5.32 Å². The van der Waals surface area contributed by atoms with E-state index >= 15 is 0 Å². The molecule has 1 aliphatic carbocycles. The first-order valence-electron chi connectivity index (χ1n) is 8.02. The van der Waals surface area contributed by atoms with E-state index in [1.165, 1.54) is 30.4 Å². The maximum atomic E-state index is 13.4. The molecule has 1 saturated carbocycles. The van der Waals surface area contributed by atoms with Crippen LogP contribution in [0.2, 0.25) is 0 Å². The third kappa shape index (κ3) is 4.31. The van der Waals surface area contributed by atoms with Crippen LogP contribution in [0.3, 0.4) is 0 Å². The predicted molar refractivity (Wildman–Crippen MR) is 83.4 cm³/mol. The van der Waals surface area contributed by atoms with E-state index in [2.05, 4.69) is 26.1 Å². The summed E-state index contributed by atoms with van der Waals surface area (Å²) in [5, 5.41) is 3.59. The van der Waals surface area contributed by atoms with Gasteiger partial charge in [0.2, 0.25) is 0 Å². The van der Waals surface area contributed by atoms with Gasteiger partial charge < -0.3 is 5.32 Å². The van der Waals surface area contributed by atoms with Gasteiger partial charge in [0.25, 0.3) is 0 Å². The van der Waals surface area contributed by atoms with Crippen molar-refractivity contribution in [2.75, 3.05) is 13.1 Å². The molecule has 0 radical (unpaired) electrons. The molecule has 1 N–H and O–H groups in total. The molecule has 2 rings (SSSR count). The summed E-state index contributed by atoms with van der Waals surface area (Å²) in [5.74, 6) is 2.09. The van der Waals surface area contributed by atoms with E-state index in [9.17, 15) is 4.39 Å².